The highest BCUT2D eigenvalue weighted by molar-refractivity contribution is 6.32. The first kappa shape index (κ1) is 12.6. The van der Waals surface area contributed by atoms with Crippen LogP contribution in [0.3, 0.4) is 0 Å². The Kier molecular flexibility index (Phi) is 3.59. The number of rotatable bonds is 2. The Hall–Kier alpha value is -1.49. The number of carboxylic acids is 1. The zero-order valence-corrected chi connectivity index (χ0v) is 8.51. The van der Waals surface area contributed by atoms with Crippen LogP contribution in [-0.4, -0.2) is 11.1 Å². The van der Waals surface area contributed by atoms with E-state index in [0.717, 1.165) is 30.4 Å². The zero-order valence-electron chi connectivity index (χ0n) is 7.75. The van der Waals surface area contributed by atoms with E-state index in [1.807, 2.05) is 0 Å². The summed E-state index contributed by atoms with van der Waals surface area (Å²) in [5.74, 6) is -1.20. The van der Waals surface area contributed by atoms with Crippen LogP contribution in [-0.2, 0) is 11.0 Å². The van der Waals surface area contributed by atoms with E-state index in [1.54, 1.807) is 0 Å². The van der Waals surface area contributed by atoms with Gasteiger partial charge in [-0.25, -0.2) is 4.79 Å². The van der Waals surface area contributed by atoms with Crippen molar-refractivity contribution in [2.45, 2.75) is 6.18 Å². The van der Waals surface area contributed by atoms with Crippen LogP contribution in [0.1, 0.15) is 11.1 Å². The molecule has 0 aliphatic carbocycles. The maximum Gasteiger partial charge on any atom is 0.416 e. The molecule has 0 aliphatic heterocycles. The van der Waals surface area contributed by atoms with Crippen molar-refractivity contribution in [3.05, 3.63) is 40.4 Å². The molecule has 0 saturated carbocycles. The van der Waals surface area contributed by atoms with E-state index in [0.29, 0.717) is 0 Å². The highest BCUT2D eigenvalue weighted by Gasteiger charge is 2.30. The van der Waals surface area contributed by atoms with Crippen molar-refractivity contribution < 1.29 is 23.1 Å². The number of hydrogen-bond donors (Lipinski definition) is 1. The fraction of sp³-hybridized carbons (Fsp3) is 0.100. The molecule has 2 nitrogen and oxygen atoms in total. The first-order valence-electron chi connectivity index (χ1n) is 4.08. The molecule has 0 unspecified atom stereocenters. The van der Waals surface area contributed by atoms with Gasteiger partial charge in [0.05, 0.1) is 5.56 Å². The van der Waals surface area contributed by atoms with E-state index in [4.69, 9.17) is 16.7 Å². The third kappa shape index (κ3) is 3.27. The minimum atomic E-state index is -4.46. The molecule has 0 radical (unpaired) electrons. The second kappa shape index (κ2) is 4.57. The number of halogens is 4. The van der Waals surface area contributed by atoms with E-state index in [9.17, 15) is 18.0 Å². The average Bonchev–Trinajstić information content (AvgIpc) is 2.14. The van der Waals surface area contributed by atoms with Crippen LogP contribution in [0.5, 0.6) is 0 Å². The second-order valence-electron chi connectivity index (χ2n) is 2.91. The van der Waals surface area contributed by atoms with Gasteiger partial charge in [0.2, 0.25) is 0 Å². The maximum atomic E-state index is 12.2. The lowest BCUT2D eigenvalue weighted by molar-refractivity contribution is -0.137. The van der Waals surface area contributed by atoms with E-state index in [1.165, 1.54) is 0 Å². The topological polar surface area (TPSA) is 37.3 Å². The summed E-state index contributed by atoms with van der Waals surface area (Å²) in [5, 5.41) is 8.19. The van der Waals surface area contributed by atoms with Crippen molar-refractivity contribution in [1.29, 1.82) is 0 Å². The van der Waals surface area contributed by atoms with E-state index in [2.05, 4.69) is 0 Å². The van der Waals surface area contributed by atoms with Gasteiger partial charge in [-0.2, -0.15) is 13.2 Å². The lowest BCUT2D eigenvalue weighted by Gasteiger charge is -2.07. The highest BCUT2D eigenvalue weighted by atomic mass is 35.5. The van der Waals surface area contributed by atoms with Gasteiger partial charge in [0, 0.05) is 11.1 Å². The molecular weight excluding hydrogens is 245 g/mol. The van der Waals surface area contributed by atoms with Crippen LogP contribution >= 0.6 is 11.6 Å². The normalized spacial score (nSPS) is 12.0. The Morgan fingerprint density at radius 1 is 1.38 bits per heavy atom. The monoisotopic (exact) mass is 250 g/mol. The van der Waals surface area contributed by atoms with E-state index < -0.39 is 17.7 Å². The molecule has 1 aromatic carbocycles. The quantitative estimate of drug-likeness (QED) is 0.816. The van der Waals surface area contributed by atoms with Crippen LogP contribution in [0.4, 0.5) is 13.2 Å². The van der Waals surface area contributed by atoms with Gasteiger partial charge in [-0.05, 0) is 23.8 Å². The smallest absolute Gasteiger partial charge is 0.416 e. The molecule has 0 aliphatic rings. The number of benzene rings is 1. The summed E-state index contributed by atoms with van der Waals surface area (Å²) in [4.78, 5) is 10.2. The molecule has 0 spiro atoms. The molecule has 1 aromatic rings. The van der Waals surface area contributed by atoms with E-state index >= 15 is 0 Å². The first-order valence-corrected chi connectivity index (χ1v) is 4.46. The molecule has 1 rings (SSSR count). The Bertz CT molecular complexity index is 438. The molecule has 0 atom stereocenters. The first-order chi connectivity index (χ1) is 7.30. The molecule has 1 N–H and O–H groups in total. The van der Waals surface area contributed by atoms with Gasteiger partial charge in [-0.3, -0.25) is 0 Å². The third-order valence-electron chi connectivity index (χ3n) is 1.73. The Balaban J connectivity index is 3.05. The fourth-order valence-corrected chi connectivity index (χ4v) is 1.24. The summed E-state index contributed by atoms with van der Waals surface area (Å²) in [6, 6.07) is 2.71. The second-order valence-corrected chi connectivity index (χ2v) is 3.31. The maximum absolute atomic E-state index is 12.2. The molecule has 0 bridgehead atoms. The predicted octanol–water partition coefficient (Wildman–Crippen LogP) is 3.46. The largest absolute Gasteiger partial charge is 0.478 e. The van der Waals surface area contributed by atoms with Crippen LogP contribution in [0.25, 0.3) is 6.08 Å². The van der Waals surface area contributed by atoms with Crippen molar-refractivity contribution in [1.82, 2.24) is 0 Å². The Labute approximate surface area is 94.0 Å². The molecule has 0 heterocycles. The van der Waals surface area contributed by atoms with Crippen molar-refractivity contribution in [2.75, 3.05) is 0 Å². The summed E-state index contributed by atoms with van der Waals surface area (Å²) >= 11 is 5.57. The fourth-order valence-electron chi connectivity index (χ4n) is 1.000. The standard InChI is InChI=1S/C10H6ClF3O2/c11-8-5-7(10(12,13)14)3-1-6(8)2-4-9(15)16/h1-5H,(H,15,16)/b4-2+. The van der Waals surface area contributed by atoms with Crippen LogP contribution in [0.15, 0.2) is 24.3 Å². The van der Waals surface area contributed by atoms with Crippen LogP contribution < -0.4 is 0 Å². The number of carboxylic acid groups (broad SMARTS) is 1. The van der Waals surface area contributed by atoms with Gasteiger partial charge in [0.15, 0.2) is 0 Å². The molecule has 16 heavy (non-hydrogen) atoms. The van der Waals surface area contributed by atoms with Gasteiger partial charge in [0.25, 0.3) is 0 Å². The number of carbonyl (C=O) groups is 1. The van der Waals surface area contributed by atoms with Gasteiger partial charge < -0.3 is 5.11 Å². The molecule has 0 amide bonds. The van der Waals surface area contributed by atoms with Crippen LogP contribution in [0, 0.1) is 0 Å². The summed E-state index contributed by atoms with van der Waals surface area (Å²) in [6.45, 7) is 0. The number of hydrogen-bond acceptors (Lipinski definition) is 1. The van der Waals surface area contributed by atoms with Gasteiger partial charge in [-0.1, -0.05) is 17.7 Å². The summed E-state index contributed by atoms with van der Waals surface area (Å²) in [5.41, 5.74) is -0.651. The van der Waals surface area contributed by atoms with Crippen molar-refractivity contribution in [2.24, 2.45) is 0 Å². The third-order valence-corrected chi connectivity index (χ3v) is 2.06. The number of aliphatic carboxylic acids is 1. The average molecular weight is 251 g/mol. The highest BCUT2D eigenvalue weighted by Crippen LogP contribution is 2.32. The lowest BCUT2D eigenvalue weighted by Crippen LogP contribution is -2.04. The summed E-state index contributed by atoms with van der Waals surface area (Å²) < 4.78 is 36.7. The minimum Gasteiger partial charge on any atom is -0.478 e. The molecule has 6 heteroatoms. The van der Waals surface area contributed by atoms with E-state index in [-0.39, 0.29) is 10.6 Å². The minimum absolute atomic E-state index is 0.146. The Morgan fingerprint density at radius 3 is 2.44 bits per heavy atom. The van der Waals surface area contributed by atoms with Crippen molar-refractivity contribution in [3.8, 4) is 0 Å². The molecule has 86 valence electrons. The van der Waals surface area contributed by atoms with Gasteiger partial charge in [-0.15, -0.1) is 0 Å². The van der Waals surface area contributed by atoms with Crippen LogP contribution in [0.2, 0.25) is 5.02 Å². The predicted molar refractivity (Wildman–Crippen MR) is 53.1 cm³/mol. The summed E-state index contributed by atoms with van der Waals surface area (Å²) in [7, 11) is 0. The molecule has 0 saturated heterocycles. The summed E-state index contributed by atoms with van der Waals surface area (Å²) in [6.07, 6.45) is -2.53. The Morgan fingerprint density at radius 2 is 2.00 bits per heavy atom. The van der Waals surface area contributed by atoms with Crippen molar-refractivity contribution >= 4 is 23.6 Å². The zero-order chi connectivity index (χ0) is 12.3. The molecule has 0 fully saturated rings. The van der Waals surface area contributed by atoms with Crippen molar-refractivity contribution in [3.63, 3.8) is 0 Å². The SMILES string of the molecule is O=C(O)/C=C/c1ccc(C(F)(F)F)cc1Cl. The number of alkyl halides is 3. The van der Waals surface area contributed by atoms with Gasteiger partial charge in [0.1, 0.15) is 0 Å². The molecule has 0 aromatic heterocycles. The molecular formula is C10H6ClF3O2. The van der Waals surface area contributed by atoms with Gasteiger partial charge >= 0.3 is 12.1 Å². The lowest BCUT2D eigenvalue weighted by atomic mass is 10.1.